The van der Waals surface area contributed by atoms with E-state index in [1.807, 2.05) is 0 Å². The Bertz CT molecular complexity index is 126. The molecule has 0 aromatic carbocycles. The number of hydrogen-bond acceptors (Lipinski definition) is 2. The Kier molecular flexibility index (Phi) is 12.9. The minimum absolute atomic E-state index is 0.759. The largest absolute Gasteiger partial charge is 0.381 e. The highest BCUT2D eigenvalue weighted by atomic mass is 16.5. The molecule has 0 aliphatic rings. The molecule has 0 radical (unpaired) electrons. The molecule has 0 amide bonds. The Morgan fingerprint density at radius 2 is 1.62 bits per heavy atom. The van der Waals surface area contributed by atoms with Crippen LogP contribution in [-0.2, 0) is 4.74 Å². The number of unbranched alkanes of at least 4 members (excludes halogenated alkanes) is 4. The number of hydrogen-bond donors (Lipinski definition) is 1. The lowest BCUT2D eigenvalue weighted by Gasteiger charge is -2.07. The maximum absolute atomic E-state index is 5.58. The average molecular weight is 229 g/mol. The van der Waals surface area contributed by atoms with Crippen LogP contribution in [0.5, 0.6) is 0 Å². The van der Waals surface area contributed by atoms with E-state index in [1.54, 1.807) is 0 Å². The first-order valence-corrected chi connectivity index (χ1v) is 7.05. The molecule has 0 aromatic rings. The van der Waals surface area contributed by atoms with Gasteiger partial charge in [0, 0.05) is 13.2 Å². The highest BCUT2D eigenvalue weighted by Gasteiger charge is 1.93. The van der Waals surface area contributed by atoms with E-state index in [-0.39, 0.29) is 0 Å². The van der Waals surface area contributed by atoms with Gasteiger partial charge in [0.2, 0.25) is 0 Å². The highest BCUT2D eigenvalue weighted by molar-refractivity contribution is 4.51. The molecule has 2 nitrogen and oxygen atoms in total. The predicted molar refractivity (Wildman–Crippen MR) is 71.9 cm³/mol. The third kappa shape index (κ3) is 13.9. The molecule has 0 spiro atoms. The molecule has 0 unspecified atom stereocenters. The standard InChI is InChI=1S/C14H31NO/c1-4-5-6-8-11-16-12-9-7-10-15-13-14(2)3/h14-15H,4-13H2,1-3H3. The molecule has 16 heavy (non-hydrogen) atoms. The minimum atomic E-state index is 0.759. The monoisotopic (exact) mass is 229 g/mol. The Labute approximate surface area is 102 Å². The summed E-state index contributed by atoms with van der Waals surface area (Å²) in [6.45, 7) is 10.9. The van der Waals surface area contributed by atoms with Gasteiger partial charge in [0.25, 0.3) is 0 Å². The van der Waals surface area contributed by atoms with Crippen LogP contribution in [0.2, 0.25) is 0 Å². The second-order valence-electron chi connectivity index (χ2n) is 4.98. The van der Waals surface area contributed by atoms with Crippen LogP contribution in [0.15, 0.2) is 0 Å². The third-order valence-corrected chi connectivity index (χ3v) is 2.59. The SMILES string of the molecule is CCCCCCOCCCCNCC(C)C. The molecule has 0 heterocycles. The zero-order valence-corrected chi connectivity index (χ0v) is 11.6. The van der Waals surface area contributed by atoms with E-state index in [0.29, 0.717) is 0 Å². The number of ether oxygens (including phenoxy) is 1. The van der Waals surface area contributed by atoms with Crippen molar-refractivity contribution >= 4 is 0 Å². The van der Waals surface area contributed by atoms with Crippen LogP contribution in [-0.4, -0.2) is 26.3 Å². The fraction of sp³-hybridized carbons (Fsp3) is 1.00. The van der Waals surface area contributed by atoms with Gasteiger partial charge in [-0.1, -0.05) is 40.0 Å². The summed E-state index contributed by atoms with van der Waals surface area (Å²) in [6, 6.07) is 0. The highest BCUT2D eigenvalue weighted by Crippen LogP contribution is 1.99. The van der Waals surface area contributed by atoms with Gasteiger partial charge >= 0.3 is 0 Å². The van der Waals surface area contributed by atoms with E-state index in [4.69, 9.17) is 4.74 Å². The summed E-state index contributed by atoms with van der Waals surface area (Å²) in [6.07, 6.45) is 7.65. The van der Waals surface area contributed by atoms with Crippen LogP contribution < -0.4 is 5.32 Å². The lowest BCUT2D eigenvalue weighted by molar-refractivity contribution is 0.126. The van der Waals surface area contributed by atoms with Crippen LogP contribution in [0, 0.1) is 5.92 Å². The van der Waals surface area contributed by atoms with Crippen molar-refractivity contribution in [3.8, 4) is 0 Å². The van der Waals surface area contributed by atoms with E-state index in [2.05, 4.69) is 26.1 Å². The van der Waals surface area contributed by atoms with Gasteiger partial charge in [-0.15, -0.1) is 0 Å². The van der Waals surface area contributed by atoms with Crippen molar-refractivity contribution in [1.29, 1.82) is 0 Å². The maximum atomic E-state index is 5.58. The van der Waals surface area contributed by atoms with Crippen molar-refractivity contribution < 1.29 is 4.74 Å². The van der Waals surface area contributed by atoms with Gasteiger partial charge in [0.05, 0.1) is 0 Å². The Morgan fingerprint density at radius 1 is 0.938 bits per heavy atom. The van der Waals surface area contributed by atoms with E-state index >= 15 is 0 Å². The van der Waals surface area contributed by atoms with Crippen molar-refractivity contribution in [3.63, 3.8) is 0 Å². The maximum Gasteiger partial charge on any atom is 0.0466 e. The molecule has 0 saturated carbocycles. The van der Waals surface area contributed by atoms with Crippen molar-refractivity contribution in [2.75, 3.05) is 26.3 Å². The smallest absolute Gasteiger partial charge is 0.0466 e. The molecule has 0 aliphatic carbocycles. The van der Waals surface area contributed by atoms with Gasteiger partial charge in [0.1, 0.15) is 0 Å². The molecular formula is C14H31NO. The van der Waals surface area contributed by atoms with E-state index in [1.165, 1.54) is 38.5 Å². The molecule has 0 aromatic heterocycles. The zero-order valence-electron chi connectivity index (χ0n) is 11.6. The molecule has 1 N–H and O–H groups in total. The molecular weight excluding hydrogens is 198 g/mol. The van der Waals surface area contributed by atoms with Gasteiger partial charge in [-0.25, -0.2) is 0 Å². The molecule has 2 heteroatoms. The summed E-state index contributed by atoms with van der Waals surface area (Å²) in [5.74, 6) is 0.759. The lowest BCUT2D eigenvalue weighted by Crippen LogP contribution is -2.20. The second kappa shape index (κ2) is 13.0. The lowest BCUT2D eigenvalue weighted by atomic mass is 10.2. The van der Waals surface area contributed by atoms with Gasteiger partial charge in [-0.3, -0.25) is 0 Å². The van der Waals surface area contributed by atoms with Gasteiger partial charge in [0.15, 0.2) is 0 Å². The molecule has 0 saturated heterocycles. The molecule has 0 fully saturated rings. The fourth-order valence-corrected chi connectivity index (χ4v) is 1.58. The molecule has 0 atom stereocenters. The van der Waals surface area contributed by atoms with Gasteiger partial charge in [-0.2, -0.15) is 0 Å². The summed E-state index contributed by atoms with van der Waals surface area (Å²) in [5.41, 5.74) is 0. The molecule has 98 valence electrons. The first-order chi connectivity index (χ1) is 7.77. The Morgan fingerprint density at radius 3 is 2.25 bits per heavy atom. The Balaban J connectivity index is 2.88. The first kappa shape index (κ1) is 15.9. The quantitative estimate of drug-likeness (QED) is 0.516. The third-order valence-electron chi connectivity index (χ3n) is 2.59. The van der Waals surface area contributed by atoms with Gasteiger partial charge < -0.3 is 10.1 Å². The summed E-state index contributed by atoms with van der Waals surface area (Å²) in [7, 11) is 0. The first-order valence-electron chi connectivity index (χ1n) is 7.05. The van der Waals surface area contributed by atoms with Crippen LogP contribution >= 0.6 is 0 Å². The number of rotatable bonds is 12. The van der Waals surface area contributed by atoms with Crippen LogP contribution in [0.1, 0.15) is 59.3 Å². The second-order valence-corrected chi connectivity index (χ2v) is 4.98. The van der Waals surface area contributed by atoms with Crippen LogP contribution in [0.25, 0.3) is 0 Å². The summed E-state index contributed by atoms with van der Waals surface area (Å²) in [5, 5.41) is 3.45. The number of nitrogens with one attached hydrogen (secondary N) is 1. The molecule has 0 rings (SSSR count). The van der Waals surface area contributed by atoms with Crippen molar-refractivity contribution in [2.24, 2.45) is 5.92 Å². The van der Waals surface area contributed by atoms with Crippen molar-refractivity contribution in [3.05, 3.63) is 0 Å². The average Bonchev–Trinajstić information content (AvgIpc) is 2.25. The predicted octanol–water partition coefficient (Wildman–Crippen LogP) is 3.61. The summed E-state index contributed by atoms with van der Waals surface area (Å²) in [4.78, 5) is 0. The molecule has 0 bridgehead atoms. The minimum Gasteiger partial charge on any atom is -0.381 e. The van der Waals surface area contributed by atoms with Gasteiger partial charge in [-0.05, 0) is 38.3 Å². The van der Waals surface area contributed by atoms with Crippen molar-refractivity contribution in [2.45, 2.75) is 59.3 Å². The van der Waals surface area contributed by atoms with E-state index in [9.17, 15) is 0 Å². The zero-order chi connectivity index (χ0) is 12.1. The topological polar surface area (TPSA) is 21.3 Å². The fourth-order valence-electron chi connectivity index (χ4n) is 1.58. The van der Waals surface area contributed by atoms with Crippen molar-refractivity contribution in [1.82, 2.24) is 5.32 Å². The summed E-state index contributed by atoms with van der Waals surface area (Å²) < 4.78 is 5.58. The van der Waals surface area contributed by atoms with Crippen LogP contribution in [0.3, 0.4) is 0 Å². The van der Waals surface area contributed by atoms with E-state index in [0.717, 1.165) is 32.2 Å². The van der Waals surface area contributed by atoms with Crippen LogP contribution in [0.4, 0.5) is 0 Å². The normalized spacial score (nSPS) is 11.2. The Hall–Kier alpha value is -0.0800. The summed E-state index contributed by atoms with van der Waals surface area (Å²) >= 11 is 0. The molecule has 0 aliphatic heterocycles. The van der Waals surface area contributed by atoms with E-state index < -0.39 is 0 Å².